The average molecular weight is 521 g/mol. The number of alkyl halides is 3. The molecule has 0 spiro atoms. The lowest BCUT2D eigenvalue weighted by atomic mass is 9.87. The molecule has 1 saturated carbocycles. The zero-order chi connectivity index (χ0) is 25.9. The number of hydrogen-bond acceptors (Lipinski definition) is 5. The van der Waals surface area contributed by atoms with Crippen LogP contribution < -0.4 is 10.1 Å². The molecular weight excluding hydrogens is 493 g/mol. The van der Waals surface area contributed by atoms with Gasteiger partial charge in [0.1, 0.15) is 6.10 Å². The van der Waals surface area contributed by atoms with Crippen molar-refractivity contribution in [1.82, 2.24) is 10.3 Å². The maximum atomic E-state index is 12.9. The molecule has 0 atom stereocenters. The van der Waals surface area contributed by atoms with E-state index in [2.05, 4.69) is 10.3 Å². The van der Waals surface area contributed by atoms with Crippen molar-refractivity contribution in [2.75, 3.05) is 5.75 Å². The summed E-state index contributed by atoms with van der Waals surface area (Å²) < 4.78 is 68.6. The van der Waals surface area contributed by atoms with Crippen LogP contribution in [-0.2, 0) is 16.4 Å². The Morgan fingerprint density at radius 1 is 1.06 bits per heavy atom. The van der Waals surface area contributed by atoms with Gasteiger partial charge in [0.05, 0.1) is 16.6 Å². The second kappa shape index (κ2) is 10.5. The van der Waals surface area contributed by atoms with E-state index in [0.29, 0.717) is 29.7 Å². The molecule has 0 unspecified atom stereocenters. The lowest BCUT2D eigenvalue weighted by Crippen LogP contribution is -2.32. The Labute approximate surface area is 207 Å². The Hall–Kier alpha value is -3.14. The summed E-state index contributed by atoms with van der Waals surface area (Å²) in [4.78, 5) is 17.2. The highest BCUT2D eigenvalue weighted by molar-refractivity contribution is 7.91. The fourth-order valence-corrected chi connectivity index (χ4v) is 5.20. The van der Waals surface area contributed by atoms with E-state index >= 15 is 0 Å². The van der Waals surface area contributed by atoms with Gasteiger partial charge < -0.3 is 10.1 Å². The average Bonchev–Trinajstić information content (AvgIpc) is 2.87. The zero-order valence-electron chi connectivity index (χ0n) is 19.7. The first-order chi connectivity index (χ1) is 17.1. The number of pyridine rings is 1. The van der Waals surface area contributed by atoms with Gasteiger partial charge in [0.2, 0.25) is 5.88 Å². The van der Waals surface area contributed by atoms with Crippen LogP contribution in [0.15, 0.2) is 59.6 Å². The molecule has 2 aromatic carbocycles. The first-order valence-electron chi connectivity index (χ1n) is 11.8. The monoisotopic (exact) mass is 520 g/mol. The minimum atomic E-state index is -4.17. The Balaban J connectivity index is 1.40. The number of nitrogens with one attached hydrogen (secondary N) is 1. The topological polar surface area (TPSA) is 85.4 Å². The molecule has 1 heterocycles. The molecule has 36 heavy (non-hydrogen) atoms. The van der Waals surface area contributed by atoms with Crippen molar-refractivity contribution in [1.29, 1.82) is 0 Å². The Morgan fingerprint density at radius 2 is 1.75 bits per heavy atom. The van der Waals surface area contributed by atoms with Crippen molar-refractivity contribution in [3.8, 4) is 5.88 Å². The summed E-state index contributed by atoms with van der Waals surface area (Å²) >= 11 is 0. The number of hydrogen-bond donors (Lipinski definition) is 1. The number of rotatable bonds is 7. The van der Waals surface area contributed by atoms with Crippen LogP contribution in [0, 0.1) is 5.92 Å². The predicted molar refractivity (Wildman–Crippen MR) is 130 cm³/mol. The van der Waals surface area contributed by atoms with Crippen LogP contribution in [0.5, 0.6) is 5.88 Å². The van der Waals surface area contributed by atoms with Gasteiger partial charge in [0.25, 0.3) is 5.91 Å². The van der Waals surface area contributed by atoms with E-state index in [1.54, 1.807) is 49.5 Å². The first kappa shape index (κ1) is 25.9. The van der Waals surface area contributed by atoms with Gasteiger partial charge in [-0.2, -0.15) is 13.2 Å². The van der Waals surface area contributed by atoms with Gasteiger partial charge in [0, 0.05) is 23.7 Å². The molecule has 1 fully saturated rings. The van der Waals surface area contributed by atoms with E-state index in [0.717, 1.165) is 10.9 Å². The van der Waals surface area contributed by atoms with Gasteiger partial charge in [-0.1, -0.05) is 19.1 Å². The molecule has 1 aromatic heterocycles. The summed E-state index contributed by atoms with van der Waals surface area (Å²) in [6.07, 6.45) is -2.24. The van der Waals surface area contributed by atoms with Crippen molar-refractivity contribution in [3.05, 3.63) is 65.9 Å². The molecule has 0 saturated heterocycles. The highest BCUT2D eigenvalue weighted by Crippen LogP contribution is 2.39. The molecule has 0 bridgehead atoms. The number of fused-ring (bicyclic) bond motifs is 1. The predicted octanol–water partition coefficient (Wildman–Crippen LogP) is 5.46. The van der Waals surface area contributed by atoms with Gasteiger partial charge in [-0.3, -0.25) is 4.79 Å². The van der Waals surface area contributed by atoms with Crippen molar-refractivity contribution in [3.63, 3.8) is 0 Å². The molecule has 1 N–H and O–H groups in total. The number of ether oxygens (including phenoxy) is 1. The smallest absolute Gasteiger partial charge is 0.391 e. The maximum Gasteiger partial charge on any atom is 0.391 e. The van der Waals surface area contributed by atoms with Gasteiger partial charge in [0.15, 0.2) is 9.84 Å². The Kier molecular flexibility index (Phi) is 7.54. The minimum Gasteiger partial charge on any atom is -0.474 e. The van der Waals surface area contributed by atoms with Gasteiger partial charge in [-0.15, -0.1) is 0 Å². The third-order valence-electron chi connectivity index (χ3n) is 6.52. The molecule has 0 aliphatic heterocycles. The van der Waals surface area contributed by atoms with E-state index < -0.39 is 21.9 Å². The Morgan fingerprint density at radius 3 is 2.39 bits per heavy atom. The molecule has 192 valence electrons. The van der Waals surface area contributed by atoms with Crippen LogP contribution in [0.25, 0.3) is 10.8 Å². The lowest BCUT2D eigenvalue weighted by molar-refractivity contribution is -0.185. The fraction of sp³-hybridized carbons (Fsp3) is 0.385. The van der Waals surface area contributed by atoms with E-state index in [1.807, 2.05) is 0 Å². The molecule has 0 radical (unpaired) electrons. The quantitative estimate of drug-likeness (QED) is 0.447. The summed E-state index contributed by atoms with van der Waals surface area (Å²) in [6.45, 7) is 1.81. The first-order valence-corrected chi connectivity index (χ1v) is 13.4. The summed E-state index contributed by atoms with van der Waals surface area (Å²) in [5, 5.41) is 4.23. The summed E-state index contributed by atoms with van der Waals surface area (Å²) in [7, 11) is -3.28. The molecule has 1 aliphatic rings. The van der Waals surface area contributed by atoms with Crippen LogP contribution in [0.1, 0.15) is 48.5 Å². The third kappa shape index (κ3) is 5.98. The number of halogens is 3. The molecule has 6 nitrogen and oxygen atoms in total. The van der Waals surface area contributed by atoms with Crippen LogP contribution >= 0.6 is 0 Å². The summed E-state index contributed by atoms with van der Waals surface area (Å²) in [5.74, 6) is -1.21. The fourth-order valence-electron chi connectivity index (χ4n) is 4.32. The third-order valence-corrected chi connectivity index (χ3v) is 8.27. The number of nitrogens with zero attached hydrogens (tertiary/aromatic N) is 1. The number of amides is 1. The normalized spacial score (nSPS) is 18.7. The van der Waals surface area contributed by atoms with Crippen LogP contribution in [0.4, 0.5) is 13.2 Å². The Bertz CT molecular complexity index is 1330. The molecule has 10 heteroatoms. The van der Waals surface area contributed by atoms with E-state index in [-0.39, 0.29) is 42.0 Å². The van der Waals surface area contributed by atoms with E-state index in [4.69, 9.17) is 4.74 Å². The van der Waals surface area contributed by atoms with Gasteiger partial charge in [-0.05, 0) is 73.0 Å². The van der Waals surface area contributed by atoms with Gasteiger partial charge in [-0.25, -0.2) is 13.4 Å². The highest BCUT2D eigenvalue weighted by Gasteiger charge is 2.41. The number of aromatic nitrogens is 1. The number of carbonyl (C=O) groups is 1. The largest absolute Gasteiger partial charge is 0.474 e. The second-order valence-corrected chi connectivity index (χ2v) is 11.2. The summed E-state index contributed by atoms with van der Waals surface area (Å²) in [6, 6.07) is 13.2. The van der Waals surface area contributed by atoms with Crippen molar-refractivity contribution in [2.45, 2.75) is 56.3 Å². The minimum absolute atomic E-state index is 0.0203. The second-order valence-electron chi connectivity index (χ2n) is 8.92. The molecular formula is C26H27F3N2O4S. The number of carbonyl (C=O) groups excluding carboxylic acids is 1. The lowest BCUT2D eigenvalue weighted by Gasteiger charge is -2.30. The standard InChI is InChI=1S/C26H27F3N2O4S/c1-2-36(33,34)22-10-3-17(4-11-22)16-31-24(32)19-5-12-23-18(15-19)13-14-30-25(23)35-21-8-6-20(7-9-21)26(27,28)29/h3-5,10-15,20-21H,2,6-9,16H2,1H3,(H,31,32)/t20-,21-. The van der Waals surface area contributed by atoms with Crippen LogP contribution in [-0.4, -0.2) is 37.3 Å². The SMILES string of the molecule is CCS(=O)(=O)c1ccc(CNC(=O)c2ccc3c(O[C@H]4CC[C@H](C(F)(F)F)CC4)nccc3c2)cc1. The maximum absolute atomic E-state index is 12.9. The molecule has 1 aliphatic carbocycles. The number of sulfone groups is 1. The van der Waals surface area contributed by atoms with Crippen LogP contribution in [0.2, 0.25) is 0 Å². The molecule has 3 aromatic rings. The van der Waals surface area contributed by atoms with E-state index in [1.165, 1.54) is 12.1 Å². The van der Waals surface area contributed by atoms with Crippen molar-refractivity contribution >= 4 is 26.5 Å². The van der Waals surface area contributed by atoms with Crippen molar-refractivity contribution < 1.29 is 31.1 Å². The van der Waals surface area contributed by atoms with Gasteiger partial charge >= 0.3 is 6.18 Å². The van der Waals surface area contributed by atoms with Crippen molar-refractivity contribution in [2.24, 2.45) is 5.92 Å². The highest BCUT2D eigenvalue weighted by atomic mass is 32.2. The van der Waals surface area contributed by atoms with Crippen LogP contribution in [0.3, 0.4) is 0 Å². The number of benzene rings is 2. The summed E-state index contributed by atoms with van der Waals surface area (Å²) in [5.41, 5.74) is 1.19. The zero-order valence-corrected chi connectivity index (χ0v) is 20.5. The van der Waals surface area contributed by atoms with E-state index in [9.17, 15) is 26.4 Å². The molecule has 1 amide bonds. The molecule has 4 rings (SSSR count).